The van der Waals surface area contributed by atoms with Crippen LogP contribution in [0.5, 0.6) is 0 Å². The number of halogens is 1. The first-order valence-corrected chi connectivity index (χ1v) is 10.4. The van der Waals surface area contributed by atoms with Gasteiger partial charge in [-0.25, -0.2) is 9.18 Å². The van der Waals surface area contributed by atoms with E-state index >= 15 is 4.39 Å². The Bertz CT molecular complexity index is 1020. The minimum absolute atomic E-state index is 0.0257. The SMILES string of the molecule is CCOC(=O)c1cc(C2CC2)c2c(C)c(N3C[C@@H](C)N[C@@H](C)C3)c(F)cn2c1=O. The van der Waals surface area contributed by atoms with Crippen LogP contribution in [-0.4, -0.2) is 42.2 Å². The summed E-state index contributed by atoms with van der Waals surface area (Å²) in [5.74, 6) is -0.807. The average molecular weight is 401 g/mol. The molecule has 1 N–H and O–H groups in total. The molecule has 1 aliphatic carbocycles. The molecule has 2 aliphatic rings. The van der Waals surface area contributed by atoms with E-state index in [9.17, 15) is 9.59 Å². The predicted molar refractivity (Wildman–Crippen MR) is 111 cm³/mol. The molecule has 156 valence electrons. The molecular weight excluding hydrogens is 373 g/mol. The number of esters is 1. The molecule has 0 aromatic carbocycles. The van der Waals surface area contributed by atoms with Crippen molar-refractivity contribution in [1.29, 1.82) is 0 Å². The number of carbonyl (C=O) groups excluding carboxylic acids is 1. The van der Waals surface area contributed by atoms with Crippen molar-refractivity contribution in [2.45, 2.75) is 58.5 Å². The number of rotatable bonds is 4. The van der Waals surface area contributed by atoms with Gasteiger partial charge < -0.3 is 15.0 Å². The van der Waals surface area contributed by atoms with Gasteiger partial charge in [0.2, 0.25) is 0 Å². The first kappa shape index (κ1) is 19.9. The first-order chi connectivity index (χ1) is 13.8. The maximum Gasteiger partial charge on any atom is 0.343 e. The summed E-state index contributed by atoms with van der Waals surface area (Å²) < 4.78 is 21.7. The fourth-order valence-electron chi connectivity index (χ4n) is 4.60. The van der Waals surface area contributed by atoms with E-state index in [0.29, 0.717) is 18.8 Å². The number of anilines is 1. The second kappa shape index (κ2) is 7.44. The van der Waals surface area contributed by atoms with Gasteiger partial charge in [0.15, 0.2) is 5.82 Å². The Balaban J connectivity index is 1.94. The van der Waals surface area contributed by atoms with Gasteiger partial charge >= 0.3 is 5.97 Å². The van der Waals surface area contributed by atoms with Gasteiger partial charge in [0.05, 0.1) is 24.0 Å². The van der Waals surface area contributed by atoms with Gasteiger partial charge in [-0.3, -0.25) is 9.20 Å². The molecule has 7 heteroatoms. The molecule has 0 unspecified atom stereocenters. The summed E-state index contributed by atoms with van der Waals surface area (Å²) in [7, 11) is 0. The van der Waals surface area contributed by atoms with Crippen molar-refractivity contribution >= 4 is 17.2 Å². The zero-order valence-corrected chi connectivity index (χ0v) is 17.4. The van der Waals surface area contributed by atoms with E-state index in [-0.39, 0.29) is 30.2 Å². The fraction of sp³-hybridized carbons (Fsp3) is 0.545. The second-order valence-corrected chi connectivity index (χ2v) is 8.36. The third-order valence-electron chi connectivity index (χ3n) is 5.83. The number of hydrogen-bond donors (Lipinski definition) is 1. The average Bonchev–Trinajstić information content (AvgIpc) is 3.47. The number of nitrogens with one attached hydrogen (secondary N) is 1. The third kappa shape index (κ3) is 3.52. The molecule has 2 fully saturated rings. The number of pyridine rings is 2. The predicted octanol–water partition coefficient (Wildman–Crippen LogP) is 2.99. The van der Waals surface area contributed by atoms with Gasteiger partial charge in [-0.05, 0) is 63.6 Å². The maximum absolute atomic E-state index is 15.3. The molecule has 0 spiro atoms. The summed E-state index contributed by atoms with van der Waals surface area (Å²) in [6.45, 7) is 9.32. The molecule has 0 amide bonds. The highest BCUT2D eigenvalue weighted by Crippen LogP contribution is 2.44. The fourth-order valence-corrected chi connectivity index (χ4v) is 4.60. The van der Waals surface area contributed by atoms with E-state index in [4.69, 9.17) is 4.74 Å². The Morgan fingerprint density at radius 3 is 2.52 bits per heavy atom. The smallest absolute Gasteiger partial charge is 0.343 e. The third-order valence-corrected chi connectivity index (χ3v) is 5.83. The number of aryl methyl sites for hydroxylation is 1. The van der Waals surface area contributed by atoms with Crippen LogP contribution in [0.2, 0.25) is 0 Å². The van der Waals surface area contributed by atoms with Crippen molar-refractivity contribution in [2.24, 2.45) is 0 Å². The molecule has 2 aromatic heterocycles. The highest BCUT2D eigenvalue weighted by atomic mass is 19.1. The lowest BCUT2D eigenvalue weighted by atomic mass is 10.0. The van der Waals surface area contributed by atoms with Crippen LogP contribution in [-0.2, 0) is 4.74 Å². The van der Waals surface area contributed by atoms with Crippen molar-refractivity contribution < 1.29 is 13.9 Å². The summed E-state index contributed by atoms with van der Waals surface area (Å²) in [6, 6.07) is 2.15. The molecular formula is C22H28FN3O3. The van der Waals surface area contributed by atoms with Crippen molar-refractivity contribution in [3.05, 3.63) is 45.1 Å². The van der Waals surface area contributed by atoms with E-state index in [1.165, 1.54) is 10.6 Å². The molecule has 1 aliphatic heterocycles. The molecule has 1 saturated carbocycles. The molecule has 2 atom stereocenters. The lowest BCUT2D eigenvalue weighted by Gasteiger charge is -2.38. The van der Waals surface area contributed by atoms with Gasteiger partial charge in [-0.1, -0.05) is 0 Å². The normalized spacial score (nSPS) is 22.2. The minimum Gasteiger partial charge on any atom is -0.462 e. The van der Waals surface area contributed by atoms with Crippen LogP contribution in [0.4, 0.5) is 10.1 Å². The van der Waals surface area contributed by atoms with Crippen LogP contribution in [0.3, 0.4) is 0 Å². The van der Waals surface area contributed by atoms with Gasteiger partial charge in [-0.15, -0.1) is 0 Å². The van der Waals surface area contributed by atoms with Gasteiger partial charge in [0.1, 0.15) is 5.56 Å². The number of aromatic nitrogens is 1. The van der Waals surface area contributed by atoms with Crippen molar-refractivity contribution in [3.8, 4) is 0 Å². The first-order valence-electron chi connectivity index (χ1n) is 10.4. The minimum atomic E-state index is -0.652. The molecule has 2 aromatic rings. The zero-order chi connectivity index (χ0) is 20.9. The Morgan fingerprint density at radius 2 is 1.93 bits per heavy atom. The van der Waals surface area contributed by atoms with Crippen molar-refractivity contribution in [1.82, 2.24) is 9.72 Å². The van der Waals surface area contributed by atoms with Gasteiger partial charge in [0, 0.05) is 25.2 Å². The van der Waals surface area contributed by atoms with E-state index in [0.717, 1.165) is 29.5 Å². The van der Waals surface area contributed by atoms with E-state index in [1.807, 2.05) is 6.92 Å². The van der Waals surface area contributed by atoms with Crippen LogP contribution in [0.15, 0.2) is 17.1 Å². The summed E-state index contributed by atoms with van der Waals surface area (Å²) in [6.07, 6.45) is 3.25. The monoisotopic (exact) mass is 401 g/mol. The highest BCUT2D eigenvalue weighted by molar-refractivity contribution is 5.90. The van der Waals surface area contributed by atoms with E-state index in [2.05, 4.69) is 24.1 Å². The van der Waals surface area contributed by atoms with Crippen LogP contribution in [0, 0.1) is 12.7 Å². The molecule has 0 radical (unpaired) electrons. The van der Waals surface area contributed by atoms with E-state index < -0.39 is 17.3 Å². The van der Waals surface area contributed by atoms with Crippen LogP contribution < -0.4 is 15.8 Å². The number of ether oxygens (including phenoxy) is 1. The van der Waals surface area contributed by atoms with Crippen LogP contribution >= 0.6 is 0 Å². The molecule has 6 nitrogen and oxygen atoms in total. The van der Waals surface area contributed by atoms with Gasteiger partial charge in [-0.2, -0.15) is 0 Å². The maximum atomic E-state index is 15.3. The van der Waals surface area contributed by atoms with Crippen molar-refractivity contribution in [2.75, 3.05) is 24.6 Å². The molecule has 4 rings (SSSR count). The summed E-state index contributed by atoms with van der Waals surface area (Å²) in [4.78, 5) is 27.4. The topological polar surface area (TPSA) is 63.1 Å². The lowest BCUT2D eigenvalue weighted by molar-refractivity contribution is 0.0524. The second-order valence-electron chi connectivity index (χ2n) is 8.36. The van der Waals surface area contributed by atoms with Crippen LogP contribution in [0.25, 0.3) is 5.52 Å². The quantitative estimate of drug-likeness (QED) is 0.798. The van der Waals surface area contributed by atoms with E-state index in [1.54, 1.807) is 13.0 Å². The highest BCUT2D eigenvalue weighted by Gasteiger charge is 2.32. The number of carbonyl (C=O) groups is 1. The van der Waals surface area contributed by atoms with Gasteiger partial charge in [0.25, 0.3) is 5.56 Å². The molecule has 29 heavy (non-hydrogen) atoms. The number of hydrogen-bond acceptors (Lipinski definition) is 5. The number of fused-ring (bicyclic) bond motifs is 1. The summed E-state index contributed by atoms with van der Waals surface area (Å²) >= 11 is 0. The Labute approximate surface area is 169 Å². The zero-order valence-electron chi connectivity index (χ0n) is 17.4. The lowest BCUT2D eigenvalue weighted by Crippen LogP contribution is -2.54. The Hall–Kier alpha value is -2.41. The Morgan fingerprint density at radius 1 is 1.28 bits per heavy atom. The largest absolute Gasteiger partial charge is 0.462 e. The standard InChI is InChI=1S/C22H28FN3O3/c1-5-29-22(28)17-8-16(15-6-7-15)19-14(4)20(18(23)11-26(19)21(17)27)25-9-12(2)24-13(3)10-25/h8,11-13,15,24H,5-7,9-10H2,1-4H3/t12-,13+. The molecule has 1 saturated heterocycles. The molecule has 3 heterocycles. The Kier molecular flexibility index (Phi) is 5.11. The van der Waals surface area contributed by atoms with Crippen molar-refractivity contribution in [3.63, 3.8) is 0 Å². The summed E-state index contributed by atoms with van der Waals surface area (Å²) in [5.41, 5.74) is 2.40. The number of nitrogens with zero attached hydrogens (tertiary/aromatic N) is 2. The molecule has 0 bridgehead atoms. The number of piperazine rings is 1. The summed E-state index contributed by atoms with van der Waals surface area (Å²) in [5, 5.41) is 3.46. The van der Waals surface area contributed by atoms with Crippen LogP contribution in [0.1, 0.15) is 61.0 Å².